The molecule has 78 heavy (non-hydrogen) atoms. The molecule has 0 atom stereocenters. The zero-order chi connectivity index (χ0) is 56.6. The Bertz CT molecular complexity index is 3430. The number of carbonyl (C=O) groups excluding carboxylic acids is 2. The number of carbonyl (C=O) groups is 2. The van der Waals surface area contributed by atoms with Crippen LogP contribution in [0.1, 0.15) is 52.5 Å². The van der Waals surface area contributed by atoms with E-state index in [1.54, 1.807) is 17.0 Å². The summed E-state index contributed by atoms with van der Waals surface area (Å²) in [5.41, 5.74) is 5.00. The van der Waals surface area contributed by atoms with Crippen molar-refractivity contribution in [3.63, 3.8) is 0 Å². The van der Waals surface area contributed by atoms with Crippen molar-refractivity contribution in [3.05, 3.63) is 120 Å². The number of sulfone groups is 1. The monoisotopic (exact) mass is 1120 g/mol. The molecule has 3 N–H and O–H groups in total. The lowest BCUT2D eigenvalue weighted by molar-refractivity contribution is -0.275. The first-order valence-electron chi connectivity index (χ1n) is 22.2. The fourth-order valence-corrected chi connectivity index (χ4v) is 8.12. The molecule has 0 aliphatic carbocycles. The molecule has 0 radical (unpaired) electrons. The van der Waals surface area contributed by atoms with Gasteiger partial charge in [0.15, 0.2) is 0 Å². The Labute approximate surface area is 433 Å². The topological polar surface area (TPSA) is 285 Å². The minimum atomic E-state index is -4.78. The number of Topliss-reactive ketones (excluding diaryl/α,β-unsaturated/α-hetero) is 1. The number of hydrazine groups is 1. The van der Waals surface area contributed by atoms with Crippen LogP contribution in [0.4, 0.5) is 45.2 Å². The highest BCUT2D eigenvalue weighted by Crippen LogP contribution is 2.30. The summed E-state index contributed by atoms with van der Waals surface area (Å²) in [4.78, 5) is 40.5. The molecule has 412 valence electrons. The Morgan fingerprint density at radius 3 is 1.54 bits per heavy atom. The van der Waals surface area contributed by atoms with Crippen molar-refractivity contribution in [1.82, 2.24) is 50.6 Å². The van der Waals surface area contributed by atoms with E-state index >= 15 is 0 Å². The lowest BCUT2D eigenvalue weighted by Crippen LogP contribution is -2.39. The van der Waals surface area contributed by atoms with Crippen molar-refractivity contribution in [1.29, 1.82) is 0 Å². The number of anilines is 1. The molecule has 1 saturated heterocycles. The fraction of sp³-hybridized carbons (Fsp3) is 0.261. The third-order valence-electron chi connectivity index (χ3n) is 10.6. The first-order chi connectivity index (χ1) is 36.7. The number of nitrogen functional groups attached to an aromatic ring is 1. The molecule has 4 aromatic heterocycles. The molecule has 5 heterocycles. The molecule has 8 aromatic rings. The van der Waals surface area contributed by atoms with Crippen LogP contribution in [0.3, 0.4) is 0 Å². The van der Waals surface area contributed by atoms with Gasteiger partial charge in [-0.25, -0.2) is 23.9 Å². The van der Waals surface area contributed by atoms with Crippen LogP contribution in [-0.2, 0) is 16.4 Å². The molecule has 32 heteroatoms. The summed E-state index contributed by atoms with van der Waals surface area (Å²) < 4.78 is 160. The van der Waals surface area contributed by atoms with Gasteiger partial charge in [0, 0.05) is 48.6 Å². The zero-order valence-electron chi connectivity index (χ0n) is 40.3. The lowest BCUT2D eigenvalue weighted by Gasteiger charge is -2.33. The third kappa shape index (κ3) is 16.0. The van der Waals surface area contributed by atoms with Crippen LogP contribution in [0.5, 0.6) is 17.2 Å². The number of halogens is 9. The average molecular weight is 1120 g/mol. The van der Waals surface area contributed by atoms with E-state index in [2.05, 4.69) is 74.7 Å². The van der Waals surface area contributed by atoms with Gasteiger partial charge in [0.25, 0.3) is 11.8 Å². The number of rotatable bonds is 13. The number of ether oxygens (including phenoxy) is 3. The van der Waals surface area contributed by atoms with Crippen LogP contribution in [0, 0.1) is 6.92 Å². The first-order valence-corrected chi connectivity index (χ1v) is 24.2. The van der Waals surface area contributed by atoms with E-state index < -0.39 is 40.6 Å². The van der Waals surface area contributed by atoms with E-state index in [4.69, 9.17) is 10.4 Å². The number of amides is 1. The molecule has 1 aliphatic heterocycles. The van der Waals surface area contributed by atoms with Crippen LogP contribution in [0.25, 0.3) is 45.9 Å². The maximum absolute atomic E-state index is 12.4. The molecule has 4 aromatic carbocycles. The van der Waals surface area contributed by atoms with Gasteiger partial charge >= 0.3 is 30.9 Å². The SMILES string of the molecule is CC(=O)c1nc(-c2ccc(OC(F)(F)F)cc2)no1.Cc1nc(-c2nc(-c3ccc(OC(F)(F)F)cc3)no2)nn1Cc1cccc(N2CCC(S(C)(=O)=O)CC2)c1.NNC(=O)c1nc(-c2ccc(OC(F)(F)F)cc2)no1. The van der Waals surface area contributed by atoms with Crippen LogP contribution >= 0.6 is 0 Å². The molecule has 0 bridgehead atoms. The van der Waals surface area contributed by atoms with E-state index in [1.807, 2.05) is 18.2 Å². The molecular weight excluding hydrogens is 1080 g/mol. The van der Waals surface area contributed by atoms with E-state index in [9.17, 15) is 57.5 Å². The zero-order valence-corrected chi connectivity index (χ0v) is 41.1. The van der Waals surface area contributed by atoms with Crippen molar-refractivity contribution in [2.24, 2.45) is 5.84 Å². The number of ketones is 1. The summed E-state index contributed by atoms with van der Waals surface area (Å²) in [5, 5.41) is 15.1. The second-order valence-corrected chi connectivity index (χ2v) is 18.7. The van der Waals surface area contributed by atoms with Crippen LogP contribution in [-0.4, -0.2) is 109 Å². The normalized spacial score (nSPS) is 13.2. The summed E-state index contributed by atoms with van der Waals surface area (Å²) in [7, 11) is -3.03. The smallest absolute Gasteiger partial charge is 0.406 e. The highest BCUT2D eigenvalue weighted by Gasteiger charge is 2.33. The predicted molar refractivity (Wildman–Crippen MR) is 250 cm³/mol. The Kier molecular flexibility index (Phi) is 17.1. The maximum Gasteiger partial charge on any atom is 0.573 e. The summed E-state index contributed by atoms with van der Waals surface area (Å²) in [6.07, 6.45) is -11.8. The van der Waals surface area contributed by atoms with Crippen molar-refractivity contribution >= 4 is 27.2 Å². The molecule has 9 rings (SSSR count). The van der Waals surface area contributed by atoms with Crippen molar-refractivity contribution in [3.8, 4) is 63.1 Å². The second-order valence-electron chi connectivity index (χ2n) is 16.3. The molecule has 1 amide bonds. The number of hydrogen-bond acceptors (Lipinski definition) is 20. The molecule has 22 nitrogen and oxygen atoms in total. The number of piperidine rings is 1. The first kappa shape index (κ1) is 56.8. The second kappa shape index (κ2) is 23.5. The minimum Gasteiger partial charge on any atom is -0.406 e. The van der Waals surface area contributed by atoms with Crippen LogP contribution in [0.15, 0.2) is 111 Å². The van der Waals surface area contributed by atoms with Crippen LogP contribution in [0.2, 0.25) is 0 Å². The van der Waals surface area contributed by atoms with Gasteiger partial charge in [-0.3, -0.25) is 15.0 Å². The number of nitrogens with two attached hydrogens (primary N) is 1. The highest BCUT2D eigenvalue weighted by atomic mass is 32.2. The van der Waals surface area contributed by atoms with E-state index in [0.29, 0.717) is 55.0 Å². The summed E-state index contributed by atoms with van der Waals surface area (Å²) >= 11 is 0. The Balaban J connectivity index is 0.000000189. The molecule has 0 unspecified atom stereocenters. The Morgan fingerprint density at radius 2 is 1.10 bits per heavy atom. The summed E-state index contributed by atoms with van der Waals surface area (Å²) in [6.45, 7) is 4.84. The van der Waals surface area contributed by atoms with Crippen molar-refractivity contribution < 1.29 is 85.3 Å². The van der Waals surface area contributed by atoms with Gasteiger partial charge in [-0.15, -0.1) is 44.6 Å². The number of alkyl halides is 9. The number of nitrogens with one attached hydrogen (secondary N) is 1. The van der Waals surface area contributed by atoms with Gasteiger partial charge in [-0.2, -0.15) is 15.0 Å². The van der Waals surface area contributed by atoms with Gasteiger partial charge < -0.3 is 32.7 Å². The Morgan fingerprint density at radius 1 is 0.654 bits per heavy atom. The quantitative estimate of drug-likeness (QED) is 0.0360. The largest absolute Gasteiger partial charge is 0.573 e. The number of nitrogens with zero attached hydrogens (tertiary/aromatic N) is 10. The Hall–Kier alpha value is -8.94. The van der Waals surface area contributed by atoms with Gasteiger partial charge in [-0.1, -0.05) is 27.6 Å². The van der Waals surface area contributed by atoms with Crippen LogP contribution < -0.4 is 30.4 Å². The summed E-state index contributed by atoms with van der Waals surface area (Å²) in [5.74, 6) is 3.33. The van der Waals surface area contributed by atoms with E-state index in [0.717, 1.165) is 47.6 Å². The third-order valence-corrected chi connectivity index (χ3v) is 12.3. The van der Waals surface area contributed by atoms with Gasteiger partial charge in [0.1, 0.15) is 32.9 Å². The molecular formula is C46H39F9N12O10S. The predicted octanol–water partition coefficient (Wildman–Crippen LogP) is 8.34. The molecule has 0 spiro atoms. The molecule has 0 saturated carbocycles. The molecule has 1 fully saturated rings. The average Bonchev–Trinajstić information content (AvgIpc) is 4.28. The fourth-order valence-electron chi connectivity index (χ4n) is 7.05. The number of aromatic nitrogens is 9. The van der Waals surface area contributed by atoms with Gasteiger partial charge in [0.2, 0.25) is 29.1 Å². The number of hydrogen-bond donors (Lipinski definition) is 2. The highest BCUT2D eigenvalue weighted by molar-refractivity contribution is 7.91. The number of benzene rings is 4. The van der Waals surface area contributed by atoms with Crippen molar-refractivity contribution in [2.75, 3.05) is 24.2 Å². The van der Waals surface area contributed by atoms with Gasteiger partial charge in [-0.05, 0) is 110 Å². The maximum atomic E-state index is 12.4. The van der Waals surface area contributed by atoms with Crippen molar-refractivity contribution in [2.45, 2.75) is 57.6 Å². The standard InChI is InChI=1S/C25H25F3N6O4S.C11H7F3N2O3.C10H7F3N4O3/c1-16-29-23(24-30-22(32-38-24)18-6-8-20(9-7-18)37-25(26,27)28)31-34(16)15-17-4-3-5-19(14-17)33-12-10-21(11-13-33)39(2,35)36;1-6(17)10-15-9(16-19-10)7-2-4-8(5-3-7)18-11(12,13)14;11-10(12,13)19-6-3-1-5(2-4-6)7-15-9(20-17-7)8(18)16-14/h3-9,14,21H,10-13,15H2,1-2H3;2-5H,1H3;1-4H,14H2,(H,16,18). The summed E-state index contributed by atoms with van der Waals surface area (Å²) in [6, 6.07) is 22.7. The van der Waals surface area contributed by atoms with Gasteiger partial charge in [0.05, 0.1) is 11.8 Å². The minimum absolute atomic E-state index is 0.0298. The lowest BCUT2D eigenvalue weighted by atomic mass is 10.1. The van der Waals surface area contributed by atoms with E-state index in [-0.39, 0.29) is 63.5 Å². The molecule has 1 aliphatic rings. The number of aryl methyl sites for hydroxylation is 1. The van der Waals surface area contributed by atoms with E-state index in [1.165, 1.54) is 49.6 Å².